The first-order valence-corrected chi connectivity index (χ1v) is 8.89. The van der Waals surface area contributed by atoms with E-state index < -0.39 is 0 Å². The molecule has 2 saturated heterocycles. The van der Waals surface area contributed by atoms with Crippen molar-refractivity contribution >= 4 is 17.4 Å². The molecule has 2 aliphatic heterocycles. The third-order valence-corrected chi connectivity index (χ3v) is 5.03. The molecule has 0 saturated carbocycles. The molecular weight excluding hydrogens is 345 g/mol. The van der Waals surface area contributed by atoms with Gasteiger partial charge in [0.2, 0.25) is 0 Å². The van der Waals surface area contributed by atoms with Crippen LogP contribution in [-0.2, 0) is 11.3 Å². The minimum Gasteiger partial charge on any atom is -0.465 e. The molecule has 0 radical (unpaired) electrons. The van der Waals surface area contributed by atoms with E-state index in [9.17, 15) is 4.39 Å². The number of hydrogen-bond acceptors (Lipinski definition) is 5. The fourth-order valence-electron chi connectivity index (χ4n) is 3.71. The Bertz CT molecular complexity index is 754. The average Bonchev–Trinajstić information content (AvgIpc) is 2.75. The Morgan fingerprint density at radius 1 is 1.28 bits per heavy atom. The van der Waals surface area contributed by atoms with Gasteiger partial charge in [0.15, 0.2) is 11.6 Å². The molecule has 2 aliphatic rings. The van der Waals surface area contributed by atoms with Gasteiger partial charge in [0.25, 0.3) is 0 Å². The molecule has 7 heteroatoms. The summed E-state index contributed by atoms with van der Waals surface area (Å²) in [5.74, 6) is 2.16. The Kier molecular flexibility index (Phi) is 4.67. The van der Waals surface area contributed by atoms with Gasteiger partial charge in [-0.05, 0) is 25.1 Å². The predicted molar refractivity (Wildman–Crippen MR) is 93.4 cm³/mol. The molecule has 4 rings (SSSR count). The fourth-order valence-corrected chi connectivity index (χ4v) is 3.85. The lowest BCUT2D eigenvalue weighted by molar-refractivity contribution is 0.0854. The molecule has 0 N–H and O–H groups in total. The third-order valence-electron chi connectivity index (χ3n) is 4.83. The number of nitrogens with zero attached hydrogens (tertiary/aromatic N) is 3. The van der Waals surface area contributed by atoms with E-state index in [0.29, 0.717) is 36.5 Å². The number of pyridine rings is 1. The highest BCUT2D eigenvalue weighted by atomic mass is 35.5. The van der Waals surface area contributed by atoms with E-state index in [4.69, 9.17) is 20.8 Å². The van der Waals surface area contributed by atoms with Gasteiger partial charge in [0.1, 0.15) is 11.5 Å². The van der Waals surface area contributed by atoms with Crippen molar-refractivity contribution in [3.63, 3.8) is 0 Å². The second kappa shape index (κ2) is 6.94. The Morgan fingerprint density at radius 2 is 2.16 bits per heavy atom. The maximum atomic E-state index is 14.3. The van der Waals surface area contributed by atoms with Crippen LogP contribution in [0, 0.1) is 18.7 Å². The fraction of sp³-hybridized carbons (Fsp3) is 0.500. The topological polar surface area (TPSA) is 41.7 Å². The van der Waals surface area contributed by atoms with Gasteiger partial charge >= 0.3 is 0 Å². The summed E-state index contributed by atoms with van der Waals surface area (Å²) in [5, 5.41) is 0.314. The Hall–Kier alpha value is -1.63. The highest BCUT2D eigenvalue weighted by Crippen LogP contribution is 2.27. The lowest BCUT2D eigenvalue weighted by Gasteiger charge is -2.31. The Labute approximate surface area is 151 Å². The maximum absolute atomic E-state index is 14.3. The van der Waals surface area contributed by atoms with Gasteiger partial charge in [0, 0.05) is 31.7 Å². The van der Waals surface area contributed by atoms with Crippen LogP contribution in [0.4, 0.5) is 10.2 Å². The van der Waals surface area contributed by atoms with Crippen LogP contribution < -0.4 is 4.90 Å². The second-order valence-corrected chi connectivity index (χ2v) is 7.30. The molecule has 2 aromatic rings. The van der Waals surface area contributed by atoms with Crippen LogP contribution in [0.25, 0.3) is 0 Å². The van der Waals surface area contributed by atoms with E-state index in [1.807, 2.05) is 24.0 Å². The van der Waals surface area contributed by atoms with Gasteiger partial charge in [-0.25, -0.2) is 9.37 Å². The van der Waals surface area contributed by atoms with Gasteiger partial charge < -0.3 is 14.1 Å². The summed E-state index contributed by atoms with van der Waals surface area (Å²) in [6, 6.07) is 5.48. The first-order chi connectivity index (χ1) is 12.1. The van der Waals surface area contributed by atoms with E-state index in [1.54, 1.807) is 0 Å². The summed E-state index contributed by atoms with van der Waals surface area (Å²) in [6.45, 7) is 6.28. The SMILES string of the molecule is Cc1ccc(CN2C[C@H]3COC[C@@H]2CN(c2ncc(Cl)cc2F)C3)o1. The second-order valence-electron chi connectivity index (χ2n) is 6.86. The van der Waals surface area contributed by atoms with Crippen molar-refractivity contribution in [2.75, 3.05) is 37.7 Å². The molecule has 0 amide bonds. The molecule has 0 aliphatic carbocycles. The Morgan fingerprint density at radius 3 is 2.92 bits per heavy atom. The number of aryl methyl sites for hydroxylation is 1. The highest BCUT2D eigenvalue weighted by Gasteiger charge is 2.35. The number of furan rings is 1. The van der Waals surface area contributed by atoms with Crippen LogP contribution in [0.1, 0.15) is 11.5 Å². The molecule has 2 fully saturated rings. The van der Waals surface area contributed by atoms with Crippen LogP contribution in [0.3, 0.4) is 0 Å². The molecule has 0 aromatic carbocycles. The molecule has 2 aromatic heterocycles. The van der Waals surface area contributed by atoms with E-state index >= 15 is 0 Å². The lowest BCUT2D eigenvalue weighted by Crippen LogP contribution is -2.44. The number of ether oxygens (including phenoxy) is 1. The third kappa shape index (κ3) is 3.66. The van der Waals surface area contributed by atoms with Crippen LogP contribution >= 0.6 is 11.6 Å². The van der Waals surface area contributed by atoms with E-state index in [2.05, 4.69) is 9.88 Å². The minimum absolute atomic E-state index is 0.162. The summed E-state index contributed by atoms with van der Waals surface area (Å²) in [5.41, 5.74) is 0. The molecule has 5 nitrogen and oxygen atoms in total. The van der Waals surface area contributed by atoms with E-state index in [-0.39, 0.29) is 11.9 Å². The number of anilines is 1. The van der Waals surface area contributed by atoms with Gasteiger partial charge in [-0.15, -0.1) is 0 Å². The largest absolute Gasteiger partial charge is 0.465 e. The van der Waals surface area contributed by atoms with Crippen molar-refractivity contribution in [3.8, 4) is 0 Å². The van der Waals surface area contributed by atoms with Crippen LogP contribution in [0.2, 0.25) is 5.02 Å². The zero-order valence-corrected chi connectivity index (χ0v) is 14.9. The highest BCUT2D eigenvalue weighted by molar-refractivity contribution is 6.30. The van der Waals surface area contributed by atoms with Crippen molar-refractivity contribution in [2.24, 2.45) is 5.92 Å². The molecule has 0 spiro atoms. The van der Waals surface area contributed by atoms with Crippen LogP contribution in [-0.4, -0.2) is 48.8 Å². The normalized spacial score (nSPS) is 24.4. The zero-order valence-electron chi connectivity index (χ0n) is 14.1. The number of hydrogen-bond donors (Lipinski definition) is 0. The van der Waals surface area contributed by atoms with E-state index in [1.165, 1.54) is 12.3 Å². The van der Waals surface area contributed by atoms with Crippen LogP contribution in [0.5, 0.6) is 0 Å². The summed E-state index contributed by atoms with van der Waals surface area (Å²) in [7, 11) is 0. The quantitative estimate of drug-likeness (QED) is 0.836. The maximum Gasteiger partial charge on any atom is 0.167 e. The first-order valence-electron chi connectivity index (χ1n) is 8.51. The zero-order chi connectivity index (χ0) is 17.4. The van der Waals surface area contributed by atoms with Crippen molar-refractivity contribution < 1.29 is 13.5 Å². The summed E-state index contributed by atoms with van der Waals surface area (Å²) in [6.07, 6.45) is 1.50. The molecule has 2 atom stereocenters. The smallest absolute Gasteiger partial charge is 0.167 e. The van der Waals surface area contributed by atoms with Crippen molar-refractivity contribution in [1.82, 2.24) is 9.88 Å². The summed E-state index contributed by atoms with van der Waals surface area (Å²) >= 11 is 5.84. The lowest BCUT2D eigenvalue weighted by atomic mass is 10.1. The molecule has 4 heterocycles. The predicted octanol–water partition coefficient (Wildman–Crippen LogP) is 3.11. The van der Waals surface area contributed by atoms with Crippen molar-refractivity contribution in [3.05, 3.63) is 46.8 Å². The number of aromatic nitrogens is 1. The van der Waals surface area contributed by atoms with Crippen molar-refractivity contribution in [2.45, 2.75) is 19.5 Å². The monoisotopic (exact) mass is 365 g/mol. The van der Waals surface area contributed by atoms with E-state index in [0.717, 1.165) is 31.2 Å². The standard InChI is InChI=1S/C18H21ClFN3O2/c1-12-2-3-16(25-12)9-22-6-13-7-23(8-15(22)11-24-10-13)18-17(20)4-14(19)5-21-18/h2-5,13,15H,6-11H2,1H3/t13-,15+/m1/s1. The average molecular weight is 366 g/mol. The summed E-state index contributed by atoms with van der Waals surface area (Å²) < 4.78 is 25.9. The molecule has 0 unspecified atom stereocenters. The number of halogens is 2. The Balaban J connectivity index is 1.57. The minimum atomic E-state index is -0.374. The molecule has 2 bridgehead atoms. The number of fused-ring (bicyclic) bond motifs is 3. The first kappa shape index (κ1) is 16.8. The molecule has 25 heavy (non-hydrogen) atoms. The van der Waals surface area contributed by atoms with Gasteiger partial charge in [-0.1, -0.05) is 11.6 Å². The van der Waals surface area contributed by atoms with Gasteiger partial charge in [-0.3, -0.25) is 4.90 Å². The molecular formula is C18H21ClFN3O2. The van der Waals surface area contributed by atoms with Gasteiger partial charge in [-0.2, -0.15) is 0 Å². The van der Waals surface area contributed by atoms with Crippen molar-refractivity contribution in [1.29, 1.82) is 0 Å². The molecule has 134 valence electrons. The number of rotatable bonds is 3. The van der Waals surface area contributed by atoms with Crippen LogP contribution in [0.15, 0.2) is 28.8 Å². The van der Waals surface area contributed by atoms with Gasteiger partial charge in [0.05, 0.1) is 30.8 Å². The summed E-state index contributed by atoms with van der Waals surface area (Å²) in [4.78, 5) is 8.63.